The van der Waals surface area contributed by atoms with E-state index in [4.69, 9.17) is 10.8 Å². The summed E-state index contributed by atoms with van der Waals surface area (Å²) in [4.78, 5) is 60.6. The summed E-state index contributed by atoms with van der Waals surface area (Å²) in [5.41, 5.74) is 6.41. The first-order valence-electron chi connectivity index (χ1n) is 11.0. The second-order valence-electron chi connectivity index (χ2n) is 7.94. The van der Waals surface area contributed by atoms with Crippen molar-refractivity contribution in [3.8, 4) is 5.75 Å². The van der Waals surface area contributed by atoms with Gasteiger partial charge >= 0.3 is 11.9 Å². The molecular formula is C24H28N4O8. The number of aliphatic carboxylic acids is 2. The number of carbonyl (C=O) groups is 5. The first kappa shape index (κ1) is 27.8. The molecule has 0 bridgehead atoms. The number of carbonyl (C=O) groups excluding carboxylic acids is 3. The Hall–Kier alpha value is -4.45. The van der Waals surface area contributed by atoms with Crippen LogP contribution < -0.4 is 21.7 Å². The molecule has 36 heavy (non-hydrogen) atoms. The number of hydrogen-bond acceptors (Lipinski definition) is 7. The first-order valence-corrected chi connectivity index (χ1v) is 11.0. The molecule has 0 aliphatic heterocycles. The molecule has 0 spiro atoms. The highest BCUT2D eigenvalue weighted by Gasteiger charge is 2.30. The van der Waals surface area contributed by atoms with E-state index in [9.17, 15) is 34.2 Å². The van der Waals surface area contributed by atoms with Gasteiger partial charge in [-0.2, -0.15) is 0 Å². The molecule has 12 heteroatoms. The van der Waals surface area contributed by atoms with Gasteiger partial charge in [0, 0.05) is 12.8 Å². The summed E-state index contributed by atoms with van der Waals surface area (Å²) in [5.74, 6) is -5.21. The lowest BCUT2D eigenvalue weighted by Gasteiger charge is -2.24. The van der Waals surface area contributed by atoms with Crippen molar-refractivity contribution in [1.29, 1.82) is 0 Å². The van der Waals surface area contributed by atoms with Gasteiger partial charge in [0.05, 0.1) is 13.0 Å². The van der Waals surface area contributed by atoms with Gasteiger partial charge in [-0.05, 0) is 23.3 Å². The molecule has 0 heterocycles. The Labute approximate surface area is 206 Å². The van der Waals surface area contributed by atoms with E-state index in [1.165, 1.54) is 24.3 Å². The molecule has 3 atom stereocenters. The molecule has 0 saturated carbocycles. The second-order valence-corrected chi connectivity index (χ2v) is 7.94. The fraction of sp³-hybridized carbons (Fsp3) is 0.292. The number of carboxylic acid groups (broad SMARTS) is 2. The van der Waals surface area contributed by atoms with Crippen LogP contribution in [0.5, 0.6) is 5.75 Å². The van der Waals surface area contributed by atoms with E-state index in [0.29, 0.717) is 11.1 Å². The lowest BCUT2D eigenvalue weighted by molar-refractivity contribution is -0.143. The normalized spacial score (nSPS) is 13.0. The molecule has 0 aliphatic rings. The zero-order chi connectivity index (χ0) is 26.7. The van der Waals surface area contributed by atoms with Crippen LogP contribution in [0.4, 0.5) is 0 Å². The molecular weight excluding hydrogens is 472 g/mol. The summed E-state index contributed by atoms with van der Waals surface area (Å²) >= 11 is 0. The van der Waals surface area contributed by atoms with E-state index in [-0.39, 0.29) is 18.6 Å². The smallest absolute Gasteiger partial charge is 0.326 e. The molecule has 0 radical (unpaired) electrons. The number of nitrogens with one attached hydrogen (secondary N) is 3. The van der Waals surface area contributed by atoms with Gasteiger partial charge in [-0.1, -0.05) is 42.5 Å². The Bertz CT molecular complexity index is 1080. The maximum atomic E-state index is 13.1. The minimum atomic E-state index is -1.50. The van der Waals surface area contributed by atoms with Gasteiger partial charge in [0.15, 0.2) is 0 Å². The quantitative estimate of drug-likeness (QED) is 0.182. The van der Waals surface area contributed by atoms with E-state index in [0.717, 1.165) is 0 Å². The molecule has 0 saturated heterocycles. The molecule has 12 nitrogen and oxygen atoms in total. The van der Waals surface area contributed by atoms with Crippen LogP contribution in [-0.2, 0) is 36.8 Å². The monoisotopic (exact) mass is 500 g/mol. The van der Waals surface area contributed by atoms with Crippen LogP contribution >= 0.6 is 0 Å². The van der Waals surface area contributed by atoms with Gasteiger partial charge in [0.25, 0.3) is 0 Å². The summed E-state index contributed by atoms with van der Waals surface area (Å²) in [6.07, 6.45) is -0.883. The van der Waals surface area contributed by atoms with Crippen LogP contribution in [0, 0.1) is 0 Å². The van der Waals surface area contributed by atoms with Crippen LogP contribution in [0.15, 0.2) is 54.6 Å². The van der Waals surface area contributed by atoms with Crippen molar-refractivity contribution in [3.63, 3.8) is 0 Å². The van der Waals surface area contributed by atoms with Crippen molar-refractivity contribution >= 4 is 29.7 Å². The predicted molar refractivity (Wildman–Crippen MR) is 127 cm³/mol. The Kier molecular flexibility index (Phi) is 10.4. The number of phenols is 1. The van der Waals surface area contributed by atoms with E-state index >= 15 is 0 Å². The topological polar surface area (TPSA) is 208 Å². The Balaban J connectivity index is 2.24. The summed E-state index contributed by atoms with van der Waals surface area (Å²) in [5, 5.41) is 35.2. The maximum absolute atomic E-state index is 13.1. The molecule has 3 unspecified atom stereocenters. The third-order valence-electron chi connectivity index (χ3n) is 5.12. The number of carboxylic acids is 2. The van der Waals surface area contributed by atoms with Crippen LogP contribution in [0.25, 0.3) is 0 Å². The minimum Gasteiger partial charge on any atom is -0.508 e. The Morgan fingerprint density at radius 3 is 1.81 bits per heavy atom. The van der Waals surface area contributed by atoms with Gasteiger partial charge in [-0.15, -0.1) is 0 Å². The summed E-state index contributed by atoms with van der Waals surface area (Å²) < 4.78 is 0. The van der Waals surface area contributed by atoms with Crippen molar-refractivity contribution in [2.45, 2.75) is 37.4 Å². The molecule has 0 aliphatic carbocycles. The number of amides is 3. The minimum absolute atomic E-state index is 0.00191. The van der Waals surface area contributed by atoms with E-state index in [2.05, 4.69) is 16.0 Å². The van der Waals surface area contributed by atoms with Crippen molar-refractivity contribution < 1.29 is 39.3 Å². The summed E-state index contributed by atoms with van der Waals surface area (Å²) in [6.45, 7) is -0.477. The Morgan fingerprint density at radius 1 is 0.722 bits per heavy atom. The van der Waals surface area contributed by atoms with E-state index in [1.54, 1.807) is 30.3 Å². The lowest BCUT2D eigenvalue weighted by atomic mass is 10.0. The molecule has 8 N–H and O–H groups in total. The van der Waals surface area contributed by atoms with Crippen molar-refractivity contribution in [3.05, 3.63) is 65.7 Å². The predicted octanol–water partition coefficient (Wildman–Crippen LogP) is -0.850. The zero-order valence-electron chi connectivity index (χ0n) is 19.2. The average molecular weight is 501 g/mol. The number of benzene rings is 2. The lowest BCUT2D eigenvalue weighted by Crippen LogP contribution is -2.57. The fourth-order valence-electron chi connectivity index (χ4n) is 3.31. The number of nitrogens with two attached hydrogens (primary N) is 1. The Morgan fingerprint density at radius 2 is 1.25 bits per heavy atom. The van der Waals surface area contributed by atoms with Crippen LogP contribution in [0.1, 0.15) is 17.5 Å². The highest BCUT2D eigenvalue weighted by molar-refractivity contribution is 5.95. The highest BCUT2D eigenvalue weighted by atomic mass is 16.4. The van der Waals surface area contributed by atoms with Gasteiger partial charge in [0.1, 0.15) is 23.9 Å². The summed E-state index contributed by atoms with van der Waals surface area (Å²) in [7, 11) is 0. The molecule has 2 aromatic carbocycles. The molecule has 2 rings (SSSR count). The second kappa shape index (κ2) is 13.4. The SMILES string of the molecule is NCC(=O)NC(CC(=O)O)C(=O)NC(Cc1ccccc1)C(=O)NC(Cc1ccc(O)cc1)C(=O)O. The van der Waals surface area contributed by atoms with Gasteiger partial charge in [-0.3, -0.25) is 19.2 Å². The van der Waals surface area contributed by atoms with Crippen LogP contribution in [0.3, 0.4) is 0 Å². The molecule has 0 aromatic heterocycles. The molecule has 3 amide bonds. The average Bonchev–Trinajstić information content (AvgIpc) is 2.84. The largest absolute Gasteiger partial charge is 0.508 e. The van der Waals surface area contributed by atoms with Crippen LogP contribution in [-0.4, -0.2) is 69.7 Å². The highest BCUT2D eigenvalue weighted by Crippen LogP contribution is 2.12. The standard InChI is InChI=1S/C24H28N4O8/c25-13-20(30)26-18(12-21(31)32)23(34)27-17(10-14-4-2-1-3-5-14)22(33)28-19(24(35)36)11-15-6-8-16(29)9-7-15/h1-9,17-19,29H,10-13,25H2,(H,26,30)(H,27,34)(H,28,33)(H,31,32)(H,35,36). The number of phenolic OH excluding ortho intramolecular Hbond substituents is 1. The number of aromatic hydroxyl groups is 1. The first-order chi connectivity index (χ1) is 17.1. The molecule has 2 aromatic rings. The van der Waals surface area contributed by atoms with Crippen molar-refractivity contribution in [2.75, 3.05) is 6.54 Å². The van der Waals surface area contributed by atoms with Gasteiger partial charge < -0.3 is 37.0 Å². The van der Waals surface area contributed by atoms with E-state index < -0.39 is 60.8 Å². The maximum Gasteiger partial charge on any atom is 0.326 e. The van der Waals surface area contributed by atoms with Crippen molar-refractivity contribution in [1.82, 2.24) is 16.0 Å². The third kappa shape index (κ3) is 9.06. The fourth-order valence-corrected chi connectivity index (χ4v) is 3.31. The number of hydrogen-bond donors (Lipinski definition) is 7. The van der Waals surface area contributed by atoms with E-state index in [1.807, 2.05) is 0 Å². The van der Waals surface area contributed by atoms with Gasteiger partial charge in [0.2, 0.25) is 17.7 Å². The zero-order valence-corrected chi connectivity index (χ0v) is 19.2. The van der Waals surface area contributed by atoms with Crippen LogP contribution in [0.2, 0.25) is 0 Å². The molecule has 192 valence electrons. The molecule has 0 fully saturated rings. The third-order valence-corrected chi connectivity index (χ3v) is 5.12. The van der Waals surface area contributed by atoms with Crippen molar-refractivity contribution in [2.24, 2.45) is 5.73 Å². The summed E-state index contributed by atoms with van der Waals surface area (Å²) in [6, 6.07) is 10.2. The number of rotatable bonds is 13. The van der Waals surface area contributed by atoms with Gasteiger partial charge in [-0.25, -0.2) is 4.79 Å².